The number of primary amides is 1. The second-order valence-electron chi connectivity index (χ2n) is 4.65. The highest BCUT2D eigenvalue weighted by Crippen LogP contribution is 2.19. The molecule has 21 heavy (non-hydrogen) atoms. The Morgan fingerprint density at radius 2 is 1.90 bits per heavy atom. The summed E-state index contributed by atoms with van der Waals surface area (Å²) in [4.78, 5) is 23.4. The summed E-state index contributed by atoms with van der Waals surface area (Å²) in [5, 5.41) is 8.93. The number of pyridine rings is 1. The molecule has 0 aliphatic rings. The van der Waals surface area contributed by atoms with Crippen molar-refractivity contribution < 1.29 is 4.79 Å². The minimum absolute atomic E-state index is 0.00909. The molecule has 106 valence electrons. The molecule has 2 rings (SSSR count). The van der Waals surface area contributed by atoms with Crippen molar-refractivity contribution in [2.24, 2.45) is 5.73 Å². The maximum absolute atomic E-state index is 12.2. The molecule has 0 atom stereocenters. The average molecular weight is 281 g/mol. The third kappa shape index (κ3) is 3.00. The van der Waals surface area contributed by atoms with Gasteiger partial charge in [0.1, 0.15) is 18.2 Å². The first-order valence-electron chi connectivity index (χ1n) is 6.58. The highest BCUT2D eigenvalue weighted by Gasteiger charge is 2.12. The quantitative estimate of drug-likeness (QED) is 0.919. The molecule has 0 fully saturated rings. The highest BCUT2D eigenvalue weighted by atomic mass is 16.2. The number of hydrogen-bond acceptors (Lipinski definition) is 3. The highest BCUT2D eigenvalue weighted by molar-refractivity contribution is 5.75. The van der Waals surface area contributed by atoms with Gasteiger partial charge in [0.25, 0.3) is 5.56 Å². The number of carbonyl (C=O) groups excluding carboxylic acids is 1. The van der Waals surface area contributed by atoms with Crippen LogP contribution in [-0.4, -0.2) is 10.5 Å². The van der Waals surface area contributed by atoms with E-state index in [0.717, 1.165) is 12.0 Å². The molecule has 1 aromatic carbocycles. The van der Waals surface area contributed by atoms with Gasteiger partial charge in [0, 0.05) is 0 Å². The van der Waals surface area contributed by atoms with Crippen LogP contribution < -0.4 is 11.3 Å². The van der Waals surface area contributed by atoms with Crippen LogP contribution in [0.2, 0.25) is 0 Å². The van der Waals surface area contributed by atoms with E-state index in [-0.39, 0.29) is 12.1 Å². The van der Waals surface area contributed by atoms with Gasteiger partial charge in [-0.05, 0) is 29.7 Å². The summed E-state index contributed by atoms with van der Waals surface area (Å²) in [6.45, 7) is 1.80. The van der Waals surface area contributed by atoms with Crippen molar-refractivity contribution in [1.82, 2.24) is 4.57 Å². The first kappa shape index (κ1) is 14.5. The largest absolute Gasteiger partial charge is 0.368 e. The van der Waals surface area contributed by atoms with Gasteiger partial charge < -0.3 is 5.73 Å². The van der Waals surface area contributed by atoms with Crippen LogP contribution in [0.3, 0.4) is 0 Å². The summed E-state index contributed by atoms with van der Waals surface area (Å²) in [6, 6.07) is 12.6. The van der Waals surface area contributed by atoms with Crippen molar-refractivity contribution in [3.8, 4) is 17.3 Å². The zero-order valence-electron chi connectivity index (χ0n) is 11.7. The number of carbonyl (C=O) groups is 1. The van der Waals surface area contributed by atoms with Gasteiger partial charge in [-0.3, -0.25) is 14.2 Å². The molecule has 0 saturated heterocycles. The van der Waals surface area contributed by atoms with Crippen LogP contribution >= 0.6 is 0 Å². The molecule has 5 nitrogen and oxygen atoms in total. The summed E-state index contributed by atoms with van der Waals surface area (Å²) in [6.07, 6.45) is 0.918. The fourth-order valence-electron chi connectivity index (χ4n) is 2.14. The van der Waals surface area contributed by atoms with Gasteiger partial charge in [-0.2, -0.15) is 5.26 Å². The smallest absolute Gasteiger partial charge is 0.269 e. The molecule has 0 saturated carbocycles. The first-order valence-corrected chi connectivity index (χ1v) is 6.58. The second-order valence-corrected chi connectivity index (χ2v) is 4.65. The van der Waals surface area contributed by atoms with E-state index in [1.54, 1.807) is 6.07 Å². The van der Waals surface area contributed by atoms with Crippen LogP contribution in [0.25, 0.3) is 11.3 Å². The van der Waals surface area contributed by atoms with E-state index in [0.29, 0.717) is 5.69 Å². The van der Waals surface area contributed by atoms with Gasteiger partial charge in [-0.1, -0.05) is 31.2 Å². The van der Waals surface area contributed by atoms with Crippen LogP contribution in [0.5, 0.6) is 0 Å². The standard InChI is InChI=1S/C16H15N3O2/c1-2-11-3-5-12(6-4-11)14-8-7-13(9-17)16(21)19(14)10-15(18)20/h3-8H,2,10H2,1H3,(H2,18,20). The fourth-order valence-corrected chi connectivity index (χ4v) is 2.14. The fraction of sp³-hybridized carbons (Fsp3) is 0.188. The van der Waals surface area contributed by atoms with Crippen LogP contribution in [0.15, 0.2) is 41.2 Å². The van der Waals surface area contributed by atoms with E-state index in [2.05, 4.69) is 6.92 Å². The Morgan fingerprint density at radius 1 is 1.24 bits per heavy atom. The first-order chi connectivity index (χ1) is 10.1. The zero-order chi connectivity index (χ0) is 15.4. The number of hydrogen-bond donors (Lipinski definition) is 1. The second kappa shape index (κ2) is 6.06. The van der Waals surface area contributed by atoms with Gasteiger partial charge >= 0.3 is 0 Å². The van der Waals surface area contributed by atoms with E-state index < -0.39 is 11.5 Å². The number of rotatable bonds is 4. The molecule has 0 unspecified atom stereocenters. The predicted molar refractivity (Wildman–Crippen MR) is 79.4 cm³/mol. The van der Waals surface area contributed by atoms with Gasteiger partial charge in [-0.25, -0.2) is 0 Å². The molecule has 0 bridgehead atoms. The third-order valence-electron chi connectivity index (χ3n) is 3.27. The SMILES string of the molecule is CCc1ccc(-c2ccc(C#N)c(=O)n2CC(N)=O)cc1. The summed E-state index contributed by atoms with van der Waals surface area (Å²) < 4.78 is 1.24. The minimum atomic E-state index is -0.626. The number of benzene rings is 1. The molecule has 1 aromatic heterocycles. The van der Waals surface area contributed by atoms with Crippen LogP contribution in [0.4, 0.5) is 0 Å². The van der Waals surface area contributed by atoms with Gasteiger partial charge in [0.15, 0.2) is 0 Å². The maximum Gasteiger partial charge on any atom is 0.269 e. The van der Waals surface area contributed by atoms with Crippen LogP contribution in [0, 0.1) is 11.3 Å². The Morgan fingerprint density at radius 3 is 2.43 bits per heavy atom. The Labute approximate surface area is 122 Å². The molecule has 0 radical (unpaired) electrons. The predicted octanol–water partition coefficient (Wildman–Crippen LogP) is 1.43. The van der Waals surface area contributed by atoms with Gasteiger partial charge in [0.05, 0.1) is 5.69 Å². The van der Waals surface area contributed by atoms with Crippen LogP contribution in [0.1, 0.15) is 18.1 Å². The number of aromatic nitrogens is 1. The molecule has 0 aliphatic heterocycles. The molecular formula is C16H15N3O2. The Hall–Kier alpha value is -2.87. The summed E-state index contributed by atoms with van der Waals surface area (Å²) in [5.41, 5.74) is 7.23. The van der Waals surface area contributed by atoms with Crippen molar-refractivity contribution in [3.05, 3.63) is 57.9 Å². The Balaban J connectivity index is 2.61. The molecule has 2 N–H and O–H groups in total. The molecule has 2 aromatic rings. The lowest BCUT2D eigenvalue weighted by atomic mass is 10.1. The average Bonchev–Trinajstić information content (AvgIpc) is 2.49. The topological polar surface area (TPSA) is 88.9 Å². The Bertz CT molecular complexity index is 768. The van der Waals surface area contributed by atoms with Crippen LogP contribution in [-0.2, 0) is 17.8 Å². The third-order valence-corrected chi connectivity index (χ3v) is 3.27. The van der Waals surface area contributed by atoms with Crippen molar-refractivity contribution in [2.75, 3.05) is 0 Å². The van der Waals surface area contributed by atoms with E-state index in [1.165, 1.54) is 16.2 Å². The normalized spacial score (nSPS) is 10.1. The Kier molecular flexibility index (Phi) is 4.19. The van der Waals surface area contributed by atoms with Crippen molar-refractivity contribution in [2.45, 2.75) is 19.9 Å². The molecule has 0 spiro atoms. The summed E-state index contributed by atoms with van der Waals surface area (Å²) >= 11 is 0. The van der Waals surface area contributed by atoms with Crippen molar-refractivity contribution in [3.63, 3.8) is 0 Å². The van der Waals surface area contributed by atoms with Crippen molar-refractivity contribution in [1.29, 1.82) is 5.26 Å². The lowest BCUT2D eigenvalue weighted by molar-refractivity contribution is -0.118. The lowest BCUT2D eigenvalue weighted by Gasteiger charge is -2.12. The minimum Gasteiger partial charge on any atom is -0.368 e. The van der Waals surface area contributed by atoms with Gasteiger partial charge in [0.2, 0.25) is 5.91 Å². The maximum atomic E-state index is 12.2. The zero-order valence-corrected chi connectivity index (χ0v) is 11.7. The molecular weight excluding hydrogens is 266 g/mol. The number of nitriles is 1. The van der Waals surface area contributed by atoms with E-state index >= 15 is 0 Å². The monoisotopic (exact) mass is 281 g/mol. The van der Waals surface area contributed by atoms with E-state index in [1.807, 2.05) is 30.3 Å². The molecule has 0 aliphatic carbocycles. The molecule has 1 amide bonds. The lowest BCUT2D eigenvalue weighted by Crippen LogP contribution is -2.30. The van der Waals surface area contributed by atoms with E-state index in [9.17, 15) is 9.59 Å². The summed E-state index contributed by atoms with van der Waals surface area (Å²) in [7, 11) is 0. The number of nitrogens with two attached hydrogens (primary N) is 1. The molecule has 5 heteroatoms. The van der Waals surface area contributed by atoms with Gasteiger partial charge in [-0.15, -0.1) is 0 Å². The summed E-state index contributed by atoms with van der Waals surface area (Å²) in [5.74, 6) is -0.626. The van der Waals surface area contributed by atoms with Crippen molar-refractivity contribution >= 4 is 5.91 Å². The molecule has 1 heterocycles. The number of aryl methyl sites for hydroxylation is 1. The number of amides is 1. The van der Waals surface area contributed by atoms with E-state index in [4.69, 9.17) is 11.0 Å². The number of nitrogens with zero attached hydrogens (tertiary/aromatic N) is 2.